The SMILES string of the molecule is O=S(=O)(O)C(F)(F)F.[Ir].c1ccc(-c2ccccn2)cc1. The first-order chi connectivity index (χ1) is 9.22. The van der Waals surface area contributed by atoms with E-state index in [1.807, 2.05) is 42.6 Å². The van der Waals surface area contributed by atoms with Crippen molar-refractivity contribution in [2.24, 2.45) is 0 Å². The molecule has 2 rings (SSSR count). The molecule has 21 heavy (non-hydrogen) atoms. The van der Waals surface area contributed by atoms with Crippen LogP contribution < -0.4 is 0 Å². The fourth-order valence-corrected chi connectivity index (χ4v) is 1.14. The molecule has 0 fully saturated rings. The van der Waals surface area contributed by atoms with Crippen LogP contribution in [0, 0.1) is 0 Å². The Kier molecular flexibility index (Phi) is 7.73. The van der Waals surface area contributed by atoms with Crippen LogP contribution in [0.2, 0.25) is 0 Å². The van der Waals surface area contributed by atoms with Crippen LogP contribution >= 0.6 is 0 Å². The Morgan fingerprint density at radius 2 is 1.43 bits per heavy atom. The van der Waals surface area contributed by atoms with Gasteiger partial charge in [0.2, 0.25) is 0 Å². The van der Waals surface area contributed by atoms with Crippen molar-refractivity contribution in [3.05, 3.63) is 54.7 Å². The van der Waals surface area contributed by atoms with Gasteiger partial charge in [0.15, 0.2) is 0 Å². The first kappa shape index (κ1) is 19.7. The second-order valence-electron chi connectivity index (χ2n) is 3.50. The first-order valence-electron chi connectivity index (χ1n) is 5.22. The summed E-state index contributed by atoms with van der Waals surface area (Å²) in [5.74, 6) is 0. The normalized spacial score (nSPS) is 10.9. The van der Waals surface area contributed by atoms with Gasteiger partial charge in [-0.2, -0.15) is 21.6 Å². The number of alkyl halides is 3. The van der Waals surface area contributed by atoms with E-state index >= 15 is 0 Å². The predicted molar refractivity (Wildman–Crippen MR) is 67.3 cm³/mol. The van der Waals surface area contributed by atoms with Crippen LogP contribution in [0.25, 0.3) is 11.3 Å². The van der Waals surface area contributed by atoms with Crippen LogP contribution in [0.5, 0.6) is 0 Å². The molecule has 1 radical (unpaired) electrons. The van der Waals surface area contributed by atoms with Gasteiger partial charge in [0, 0.05) is 31.9 Å². The molecule has 0 atom stereocenters. The Labute approximate surface area is 133 Å². The topological polar surface area (TPSA) is 67.3 Å². The molecule has 0 bridgehead atoms. The average molecular weight is 497 g/mol. The van der Waals surface area contributed by atoms with Gasteiger partial charge in [-0.05, 0) is 12.1 Å². The van der Waals surface area contributed by atoms with E-state index in [2.05, 4.69) is 17.1 Å². The van der Waals surface area contributed by atoms with Crippen molar-refractivity contribution in [2.75, 3.05) is 0 Å². The van der Waals surface area contributed by atoms with Gasteiger partial charge < -0.3 is 0 Å². The third-order valence-electron chi connectivity index (χ3n) is 2.03. The molecule has 0 spiro atoms. The van der Waals surface area contributed by atoms with Gasteiger partial charge in [-0.25, -0.2) is 0 Å². The van der Waals surface area contributed by atoms with E-state index in [1.165, 1.54) is 0 Å². The number of nitrogens with zero attached hydrogens (tertiary/aromatic N) is 1. The third-order valence-corrected chi connectivity index (χ3v) is 2.61. The van der Waals surface area contributed by atoms with Gasteiger partial charge in [0.05, 0.1) is 5.69 Å². The summed E-state index contributed by atoms with van der Waals surface area (Å²) in [5, 5.41) is 0. The van der Waals surface area contributed by atoms with Crippen LogP contribution in [0.1, 0.15) is 0 Å². The van der Waals surface area contributed by atoms with E-state index in [1.54, 1.807) is 0 Å². The van der Waals surface area contributed by atoms with Gasteiger partial charge in [0.1, 0.15) is 0 Å². The van der Waals surface area contributed by atoms with E-state index in [-0.39, 0.29) is 20.1 Å². The zero-order valence-corrected chi connectivity index (χ0v) is 13.5. The molecule has 0 aliphatic rings. The number of rotatable bonds is 1. The zero-order chi connectivity index (χ0) is 15.2. The molecule has 1 aromatic heterocycles. The van der Waals surface area contributed by atoms with Gasteiger partial charge in [-0.15, -0.1) is 0 Å². The Bertz CT molecular complexity index is 596. The number of hydrogen-bond donors (Lipinski definition) is 1. The summed E-state index contributed by atoms with van der Waals surface area (Å²) >= 11 is 0. The van der Waals surface area contributed by atoms with Crippen molar-refractivity contribution in [3.8, 4) is 11.3 Å². The summed E-state index contributed by atoms with van der Waals surface area (Å²) in [6.45, 7) is 0. The van der Waals surface area contributed by atoms with Crippen molar-refractivity contribution < 1.29 is 46.2 Å². The minimum Gasteiger partial charge on any atom is -0.279 e. The minimum absolute atomic E-state index is 0. The molecule has 4 nitrogen and oxygen atoms in total. The number of halogens is 3. The number of hydrogen-bond acceptors (Lipinski definition) is 3. The second kappa shape index (κ2) is 8.23. The van der Waals surface area contributed by atoms with Crippen LogP contribution in [0.15, 0.2) is 54.7 Å². The molecule has 0 saturated carbocycles. The van der Waals surface area contributed by atoms with E-state index in [9.17, 15) is 13.2 Å². The molecule has 117 valence electrons. The first-order valence-corrected chi connectivity index (χ1v) is 6.66. The number of aromatic nitrogens is 1. The van der Waals surface area contributed by atoms with Crippen LogP contribution in [-0.2, 0) is 30.2 Å². The van der Waals surface area contributed by atoms with Crippen molar-refractivity contribution in [1.82, 2.24) is 4.98 Å². The van der Waals surface area contributed by atoms with Crippen LogP contribution in [0.4, 0.5) is 13.2 Å². The van der Waals surface area contributed by atoms with Crippen LogP contribution in [0.3, 0.4) is 0 Å². The summed E-state index contributed by atoms with van der Waals surface area (Å²) in [5.41, 5.74) is -3.34. The maximum Gasteiger partial charge on any atom is 0.522 e. The summed E-state index contributed by atoms with van der Waals surface area (Å²) in [7, 11) is -5.84. The van der Waals surface area contributed by atoms with Gasteiger partial charge in [0.25, 0.3) is 0 Å². The summed E-state index contributed by atoms with van der Waals surface area (Å²) in [4.78, 5) is 4.25. The fourth-order valence-electron chi connectivity index (χ4n) is 1.14. The molecule has 1 N–H and O–H groups in total. The molecule has 0 saturated heterocycles. The third kappa shape index (κ3) is 6.81. The van der Waals surface area contributed by atoms with E-state index in [0.717, 1.165) is 11.3 Å². The second-order valence-corrected chi connectivity index (χ2v) is 4.91. The minimum atomic E-state index is -5.84. The van der Waals surface area contributed by atoms with Crippen molar-refractivity contribution in [2.45, 2.75) is 5.51 Å². The molecular formula is C12H10F3IrNO3S. The van der Waals surface area contributed by atoms with E-state index in [0.29, 0.717) is 0 Å². The zero-order valence-electron chi connectivity index (χ0n) is 10.3. The van der Waals surface area contributed by atoms with Crippen molar-refractivity contribution in [1.29, 1.82) is 0 Å². The molecule has 1 heterocycles. The molecule has 0 aliphatic carbocycles. The molecule has 0 amide bonds. The van der Waals surface area contributed by atoms with E-state index in [4.69, 9.17) is 13.0 Å². The molecule has 0 unspecified atom stereocenters. The standard InChI is InChI=1S/C11H9N.CHF3O3S.Ir/c1-2-6-10(7-3-1)11-8-4-5-9-12-11;2-1(3,4)8(5,6)7;/h1-9H;(H,5,6,7);. The molecule has 1 aromatic carbocycles. The summed E-state index contributed by atoms with van der Waals surface area (Å²) < 4.78 is 57.5. The Balaban J connectivity index is 0.000000397. The summed E-state index contributed by atoms with van der Waals surface area (Å²) in [6.07, 6.45) is 1.81. The smallest absolute Gasteiger partial charge is 0.279 e. The fraction of sp³-hybridized carbons (Fsp3) is 0.0833. The van der Waals surface area contributed by atoms with Gasteiger partial charge in [-0.3, -0.25) is 9.54 Å². The Morgan fingerprint density at radius 1 is 0.952 bits per heavy atom. The molecule has 0 aliphatic heterocycles. The van der Waals surface area contributed by atoms with Gasteiger partial charge in [-0.1, -0.05) is 36.4 Å². The van der Waals surface area contributed by atoms with Crippen molar-refractivity contribution in [3.63, 3.8) is 0 Å². The number of benzene rings is 1. The molecule has 2 aromatic rings. The monoisotopic (exact) mass is 498 g/mol. The van der Waals surface area contributed by atoms with Crippen molar-refractivity contribution >= 4 is 10.1 Å². The van der Waals surface area contributed by atoms with Crippen LogP contribution in [-0.4, -0.2) is 23.5 Å². The average Bonchev–Trinajstić information content (AvgIpc) is 2.39. The maximum atomic E-state index is 10.7. The summed E-state index contributed by atoms with van der Waals surface area (Å²) in [6, 6.07) is 16.1. The van der Waals surface area contributed by atoms with Gasteiger partial charge >= 0.3 is 15.6 Å². The quantitative estimate of drug-likeness (QED) is 0.486. The largest absolute Gasteiger partial charge is 0.522 e. The number of pyridine rings is 1. The molecule has 9 heteroatoms. The van der Waals surface area contributed by atoms with E-state index < -0.39 is 15.6 Å². The Hall–Kier alpha value is -1.28. The maximum absolute atomic E-state index is 10.7. The Morgan fingerprint density at radius 3 is 1.81 bits per heavy atom. The predicted octanol–water partition coefficient (Wildman–Crippen LogP) is 3.14. The molecular weight excluding hydrogens is 487 g/mol.